The van der Waals surface area contributed by atoms with E-state index < -0.39 is 5.97 Å². The number of aromatic nitrogens is 1. The first-order chi connectivity index (χ1) is 8.65. The minimum Gasteiger partial charge on any atom is -0.481 e. The van der Waals surface area contributed by atoms with Gasteiger partial charge in [0.2, 0.25) is 0 Å². The van der Waals surface area contributed by atoms with Gasteiger partial charge in [-0.05, 0) is 43.7 Å². The first-order valence-corrected chi connectivity index (χ1v) is 6.54. The Morgan fingerprint density at radius 3 is 3.06 bits per heavy atom. The van der Waals surface area contributed by atoms with Gasteiger partial charge in [-0.2, -0.15) is 0 Å². The predicted octanol–water partition coefficient (Wildman–Crippen LogP) is 2.47. The molecule has 1 unspecified atom stereocenters. The molecule has 2 heterocycles. The SMILES string of the molecule is Cc1ccc(N2CCCC(CCC(=O)O)C2)nc1. The number of piperidine rings is 1. The lowest BCUT2D eigenvalue weighted by Crippen LogP contribution is -2.36. The summed E-state index contributed by atoms with van der Waals surface area (Å²) < 4.78 is 0. The highest BCUT2D eigenvalue weighted by Gasteiger charge is 2.21. The summed E-state index contributed by atoms with van der Waals surface area (Å²) >= 11 is 0. The van der Waals surface area contributed by atoms with Gasteiger partial charge < -0.3 is 10.0 Å². The van der Waals surface area contributed by atoms with E-state index in [0.29, 0.717) is 5.92 Å². The zero-order chi connectivity index (χ0) is 13.0. The Bertz CT molecular complexity index is 403. The summed E-state index contributed by atoms with van der Waals surface area (Å²) in [7, 11) is 0. The van der Waals surface area contributed by atoms with Gasteiger partial charge in [-0.25, -0.2) is 4.98 Å². The number of rotatable bonds is 4. The first kappa shape index (κ1) is 12.9. The molecule has 1 atom stereocenters. The fourth-order valence-electron chi connectivity index (χ4n) is 2.48. The molecular weight excluding hydrogens is 228 g/mol. The molecule has 1 saturated heterocycles. The number of aryl methyl sites for hydroxylation is 1. The zero-order valence-corrected chi connectivity index (χ0v) is 10.8. The van der Waals surface area contributed by atoms with Gasteiger partial charge in [0.25, 0.3) is 0 Å². The van der Waals surface area contributed by atoms with Crippen LogP contribution >= 0.6 is 0 Å². The highest BCUT2D eigenvalue weighted by Crippen LogP contribution is 2.24. The summed E-state index contributed by atoms with van der Waals surface area (Å²) in [4.78, 5) is 17.3. The van der Waals surface area contributed by atoms with Gasteiger partial charge in [-0.15, -0.1) is 0 Å². The third-order valence-corrected chi connectivity index (χ3v) is 3.51. The summed E-state index contributed by atoms with van der Waals surface area (Å²) in [5.41, 5.74) is 1.16. The van der Waals surface area contributed by atoms with E-state index in [9.17, 15) is 4.79 Å². The molecule has 18 heavy (non-hydrogen) atoms. The second-order valence-corrected chi connectivity index (χ2v) is 5.08. The van der Waals surface area contributed by atoms with Gasteiger partial charge in [0.15, 0.2) is 0 Å². The topological polar surface area (TPSA) is 53.4 Å². The van der Waals surface area contributed by atoms with Crippen LogP contribution < -0.4 is 4.90 Å². The molecule has 0 saturated carbocycles. The maximum absolute atomic E-state index is 10.6. The van der Waals surface area contributed by atoms with Crippen LogP contribution in [0.15, 0.2) is 18.3 Å². The lowest BCUT2D eigenvalue weighted by Gasteiger charge is -2.33. The molecule has 0 spiro atoms. The van der Waals surface area contributed by atoms with E-state index in [2.05, 4.69) is 22.0 Å². The number of carboxylic acid groups (broad SMARTS) is 1. The van der Waals surface area contributed by atoms with Gasteiger partial charge in [0, 0.05) is 25.7 Å². The molecule has 4 heteroatoms. The second-order valence-electron chi connectivity index (χ2n) is 5.08. The maximum Gasteiger partial charge on any atom is 0.303 e. The second kappa shape index (κ2) is 5.85. The van der Waals surface area contributed by atoms with Crippen molar-refractivity contribution in [3.63, 3.8) is 0 Å². The molecule has 98 valence electrons. The van der Waals surface area contributed by atoms with E-state index >= 15 is 0 Å². The van der Waals surface area contributed by atoms with Crippen LogP contribution in [-0.4, -0.2) is 29.1 Å². The van der Waals surface area contributed by atoms with Crippen molar-refractivity contribution in [3.8, 4) is 0 Å². The number of hydrogen-bond donors (Lipinski definition) is 1. The number of carboxylic acids is 1. The zero-order valence-electron chi connectivity index (χ0n) is 10.8. The molecule has 1 fully saturated rings. The fraction of sp³-hybridized carbons (Fsp3) is 0.571. The third-order valence-electron chi connectivity index (χ3n) is 3.51. The highest BCUT2D eigenvalue weighted by atomic mass is 16.4. The van der Waals surface area contributed by atoms with Crippen LogP contribution in [0, 0.1) is 12.8 Å². The Morgan fingerprint density at radius 1 is 1.56 bits per heavy atom. The Labute approximate surface area is 108 Å². The van der Waals surface area contributed by atoms with E-state index in [1.165, 1.54) is 0 Å². The molecule has 2 rings (SSSR count). The number of anilines is 1. The van der Waals surface area contributed by atoms with Gasteiger partial charge in [0.1, 0.15) is 5.82 Å². The number of hydrogen-bond acceptors (Lipinski definition) is 3. The molecule has 0 amide bonds. The monoisotopic (exact) mass is 248 g/mol. The van der Waals surface area contributed by atoms with Crippen LogP contribution in [-0.2, 0) is 4.79 Å². The smallest absolute Gasteiger partial charge is 0.303 e. The number of pyridine rings is 1. The standard InChI is InChI=1S/C14H20N2O2/c1-11-4-6-13(15-9-11)16-8-2-3-12(10-16)5-7-14(17)18/h4,6,9,12H,2-3,5,7-8,10H2,1H3,(H,17,18). The van der Waals surface area contributed by atoms with Gasteiger partial charge in [-0.1, -0.05) is 6.07 Å². The summed E-state index contributed by atoms with van der Waals surface area (Å²) in [6.07, 6.45) is 5.20. The first-order valence-electron chi connectivity index (χ1n) is 6.54. The van der Waals surface area contributed by atoms with Crippen molar-refractivity contribution in [2.24, 2.45) is 5.92 Å². The predicted molar refractivity (Wildman–Crippen MR) is 70.8 cm³/mol. The van der Waals surface area contributed by atoms with Crippen LogP contribution in [0.2, 0.25) is 0 Å². The molecule has 1 aliphatic rings. The summed E-state index contributed by atoms with van der Waals surface area (Å²) in [6, 6.07) is 4.12. The Morgan fingerprint density at radius 2 is 2.39 bits per heavy atom. The van der Waals surface area contributed by atoms with E-state index in [1.807, 2.05) is 13.1 Å². The van der Waals surface area contributed by atoms with Gasteiger partial charge in [-0.3, -0.25) is 4.79 Å². The normalized spacial score (nSPS) is 19.8. The molecule has 4 nitrogen and oxygen atoms in total. The summed E-state index contributed by atoms with van der Waals surface area (Å²) in [6.45, 7) is 3.99. The lowest BCUT2D eigenvalue weighted by molar-refractivity contribution is -0.137. The summed E-state index contributed by atoms with van der Waals surface area (Å²) in [5.74, 6) is 0.805. The fourth-order valence-corrected chi connectivity index (χ4v) is 2.48. The van der Waals surface area contributed by atoms with Crippen molar-refractivity contribution in [2.75, 3.05) is 18.0 Å². The average Bonchev–Trinajstić information content (AvgIpc) is 2.37. The van der Waals surface area contributed by atoms with Crippen LogP contribution in [0.5, 0.6) is 0 Å². The molecule has 0 aromatic carbocycles. The Balaban J connectivity index is 1.93. The van der Waals surface area contributed by atoms with E-state index in [1.54, 1.807) is 0 Å². The Kier molecular flexibility index (Phi) is 4.18. The van der Waals surface area contributed by atoms with Gasteiger partial charge in [0.05, 0.1) is 0 Å². The molecule has 1 aliphatic heterocycles. The number of carbonyl (C=O) groups is 1. The van der Waals surface area contributed by atoms with Crippen molar-refractivity contribution in [2.45, 2.75) is 32.6 Å². The van der Waals surface area contributed by atoms with Crippen LogP contribution in [0.3, 0.4) is 0 Å². The molecule has 0 bridgehead atoms. The largest absolute Gasteiger partial charge is 0.481 e. The minimum absolute atomic E-state index is 0.278. The highest BCUT2D eigenvalue weighted by molar-refractivity contribution is 5.66. The van der Waals surface area contributed by atoms with E-state index in [-0.39, 0.29) is 6.42 Å². The minimum atomic E-state index is -0.694. The lowest BCUT2D eigenvalue weighted by atomic mass is 9.93. The van der Waals surface area contributed by atoms with Crippen molar-refractivity contribution in [1.29, 1.82) is 0 Å². The number of aliphatic carboxylic acids is 1. The van der Waals surface area contributed by atoms with Crippen LogP contribution in [0.25, 0.3) is 0 Å². The molecule has 1 aromatic heterocycles. The van der Waals surface area contributed by atoms with Crippen molar-refractivity contribution >= 4 is 11.8 Å². The third kappa shape index (κ3) is 3.45. The van der Waals surface area contributed by atoms with Crippen molar-refractivity contribution in [1.82, 2.24) is 4.98 Å². The van der Waals surface area contributed by atoms with E-state index in [4.69, 9.17) is 5.11 Å². The molecule has 1 N–H and O–H groups in total. The molecule has 1 aromatic rings. The summed E-state index contributed by atoms with van der Waals surface area (Å²) in [5, 5.41) is 8.73. The van der Waals surface area contributed by atoms with Crippen molar-refractivity contribution in [3.05, 3.63) is 23.9 Å². The number of nitrogens with zero attached hydrogens (tertiary/aromatic N) is 2. The van der Waals surface area contributed by atoms with Gasteiger partial charge >= 0.3 is 5.97 Å². The van der Waals surface area contributed by atoms with Crippen LogP contribution in [0.1, 0.15) is 31.2 Å². The van der Waals surface area contributed by atoms with Crippen molar-refractivity contribution < 1.29 is 9.90 Å². The molecule has 0 aliphatic carbocycles. The quantitative estimate of drug-likeness (QED) is 0.889. The molecule has 0 radical (unpaired) electrons. The van der Waals surface area contributed by atoms with Crippen LogP contribution in [0.4, 0.5) is 5.82 Å². The maximum atomic E-state index is 10.6. The van der Waals surface area contributed by atoms with E-state index in [0.717, 1.165) is 43.7 Å². The Hall–Kier alpha value is -1.58. The average molecular weight is 248 g/mol. The molecular formula is C14H20N2O2.